The van der Waals surface area contributed by atoms with Crippen molar-refractivity contribution in [1.82, 2.24) is 19.9 Å². The molecule has 7 heteroatoms. The Morgan fingerprint density at radius 2 is 2.11 bits per heavy atom. The van der Waals surface area contributed by atoms with Gasteiger partial charge in [0, 0.05) is 25.0 Å². The Morgan fingerprint density at radius 3 is 2.89 bits per heavy atom. The topological polar surface area (TPSA) is 69.0 Å². The van der Waals surface area contributed by atoms with Gasteiger partial charge in [0.2, 0.25) is 0 Å². The van der Waals surface area contributed by atoms with Crippen LogP contribution >= 0.6 is 11.3 Å². The first-order valence-corrected chi connectivity index (χ1v) is 9.29. The Morgan fingerprint density at radius 1 is 1.22 bits per heavy atom. The molecule has 2 aromatic carbocycles. The van der Waals surface area contributed by atoms with Gasteiger partial charge in [-0.05, 0) is 35.9 Å². The van der Waals surface area contributed by atoms with Gasteiger partial charge in [-0.15, -0.1) is 11.3 Å². The average molecular weight is 378 g/mol. The number of hydrogen-bond donors (Lipinski definition) is 1. The molecule has 0 aliphatic rings. The van der Waals surface area contributed by atoms with Gasteiger partial charge < -0.3 is 14.6 Å². The lowest BCUT2D eigenvalue weighted by Gasteiger charge is -2.20. The van der Waals surface area contributed by atoms with Crippen molar-refractivity contribution in [1.29, 1.82) is 0 Å². The van der Waals surface area contributed by atoms with Gasteiger partial charge in [-0.3, -0.25) is 4.79 Å². The van der Waals surface area contributed by atoms with E-state index in [0.29, 0.717) is 5.56 Å². The predicted octanol–water partition coefficient (Wildman–Crippen LogP) is 3.56. The minimum absolute atomic E-state index is 0.166. The number of aromatic nitrogens is 3. The number of amides is 1. The molecule has 27 heavy (non-hydrogen) atoms. The van der Waals surface area contributed by atoms with E-state index in [0.717, 1.165) is 27.4 Å². The monoisotopic (exact) mass is 378 g/mol. The fourth-order valence-corrected chi connectivity index (χ4v) is 3.70. The number of carbonyl (C=O) groups is 1. The van der Waals surface area contributed by atoms with Crippen LogP contribution in [0, 0.1) is 0 Å². The molecule has 2 aromatic heterocycles. The normalized spacial score (nSPS) is 12.1. The summed E-state index contributed by atoms with van der Waals surface area (Å²) in [5.74, 6) is 1.31. The molecule has 0 radical (unpaired) electrons. The van der Waals surface area contributed by atoms with E-state index >= 15 is 0 Å². The summed E-state index contributed by atoms with van der Waals surface area (Å²) in [5.41, 5.74) is 4.16. The first kappa shape index (κ1) is 17.2. The molecule has 4 aromatic rings. The van der Waals surface area contributed by atoms with Crippen LogP contribution in [0.2, 0.25) is 0 Å². The number of ether oxygens (including phenoxy) is 1. The third kappa shape index (κ3) is 3.41. The maximum absolute atomic E-state index is 13.0. The van der Waals surface area contributed by atoms with Crippen molar-refractivity contribution >= 4 is 27.5 Å². The number of methoxy groups -OCH3 is 1. The standard InChI is InChI=1S/C20H18N4O2S/c1-24-9-8-21-19(24)18(13-4-3-5-15(10-13)26-2)23-20(25)14-6-7-16-17(11-14)27-12-22-16/h3-12,18H,1-2H3,(H,23,25)/t18-/m1/s1. The molecule has 0 aliphatic carbocycles. The minimum Gasteiger partial charge on any atom is -0.497 e. The lowest BCUT2D eigenvalue weighted by molar-refractivity contribution is 0.0941. The number of imidazole rings is 1. The quantitative estimate of drug-likeness (QED) is 0.577. The Labute approximate surface area is 160 Å². The zero-order valence-corrected chi connectivity index (χ0v) is 15.7. The van der Waals surface area contributed by atoms with Crippen LogP contribution in [-0.2, 0) is 7.05 Å². The Balaban J connectivity index is 1.70. The molecule has 4 rings (SSSR count). The largest absolute Gasteiger partial charge is 0.497 e. The second-order valence-electron chi connectivity index (χ2n) is 6.11. The SMILES string of the molecule is COc1cccc([C@@H](NC(=O)c2ccc3ncsc3c2)c2nccn2C)c1. The second-order valence-corrected chi connectivity index (χ2v) is 7.00. The summed E-state index contributed by atoms with van der Waals surface area (Å²) in [6.07, 6.45) is 3.58. The Hall–Kier alpha value is -3.19. The van der Waals surface area contributed by atoms with Gasteiger partial charge in [-0.25, -0.2) is 9.97 Å². The summed E-state index contributed by atoms with van der Waals surface area (Å²) in [5, 5.41) is 3.11. The molecular formula is C20H18N4O2S. The summed E-state index contributed by atoms with van der Waals surface area (Å²) in [7, 11) is 3.53. The molecule has 0 bridgehead atoms. The van der Waals surface area contributed by atoms with Crippen molar-refractivity contribution < 1.29 is 9.53 Å². The van der Waals surface area contributed by atoms with Crippen molar-refractivity contribution in [2.75, 3.05) is 7.11 Å². The van der Waals surface area contributed by atoms with E-state index in [1.807, 2.05) is 54.2 Å². The summed E-state index contributed by atoms with van der Waals surface area (Å²) < 4.78 is 8.22. The van der Waals surface area contributed by atoms with E-state index in [9.17, 15) is 4.79 Å². The molecular weight excluding hydrogens is 360 g/mol. The van der Waals surface area contributed by atoms with Crippen LogP contribution in [0.1, 0.15) is 27.8 Å². The van der Waals surface area contributed by atoms with Crippen LogP contribution in [0.4, 0.5) is 0 Å². The molecule has 6 nitrogen and oxygen atoms in total. The van der Waals surface area contributed by atoms with Gasteiger partial charge in [0.25, 0.3) is 5.91 Å². The zero-order chi connectivity index (χ0) is 18.8. The number of nitrogens with zero attached hydrogens (tertiary/aromatic N) is 3. The van der Waals surface area contributed by atoms with Crippen molar-refractivity contribution in [3.8, 4) is 5.75 Å². The van der Waals surface area contributed by atoms with Crippen molar-refractivity contribution in [3.05, 3.63) is 77.3 Å². The first-order chi connectivity index (χ1) is 13.2. The molecule has 0 saturated heterocycles. The summed E-state index contributed by atoms with van der Waals surface area (Å²) in [6.45, 7) is 0. The third-order valence-corrected chi connectivity index (χ3v) is 5.20. The maximum atomic E-state index is 13.0. The van der Waals surface area contributed by atoms with E-state index in [1.165, 1.54) is 11.3 Å². The van der Waals surface area contributed by atoms with Crippen molar-refractivity contribution in [2.45, 2.75) is 6.04 Å². The molecule has 1 N–H and O–H groups in total. The van der Waals surface area contributed by atoms with Crippen molar-refractivity contribution in [2.24, 2.45) is 7.05 Å². The molecule has 1 amide bonds. The van der Waals surface area contributed by atoms with Crippen LogP contribution in [-0.4, -0.2) is 27.6 Å². The number of carbonyl (C=O) groups excluding carboxylic acids is 1. The number of aryl methyl sites for hydroxylation is 1. The van der Waals surface area contributed by atoms with Gasteiger partial charge in [0.15, 0.2) is 0 Å². The molecule has 0 aliphatic heterocycles. The molecule has 0 spiro atoms. The fourth-order valence-electron chi connectivity index (χ4n) is 2.98. The highest BCUT2D eigenvalue weighted by atomic mass is 32.1. The fraction of sp³-hybridized carbons (Fsp3) is 0.150. The second kappa shape index (κ2) is 7.20. The zero-order valence-electron chi connectivity index (χ0n) is 14.9. The Bertz CT molecular complexity index is 1100. The molecule has 0 saturated carbocycles. The molecule has 136 valence electrons. The van der Waals surface area contributed by atoms with E-state index in [2.05, 4.69) is 15.3 Å². The highest BCUT2D eigenvalue weighted by Gasteiger charge is 2.22. The maximum Gasteiger partial charge on any atom is 0.252 e. The van der Waals surface area contributed by atoms with Gasteiger partial charge >= 0.3 is 0 Å². The van der Waals surface area contributed by atoms with Gasteiger partial charge in [-0.2, -0.15) is 0 Å². The van der Waals surface area contributed by atoms with Crippen molar-refractivity contribution in [3.63, 3.8) is 0 Å². The molecule has 1 atom stereocenters. The first-order valence-electron chi connectivity index (χ1n) is 8.41. The van der Waals surface area contributed by atoms with Crippen LogP contribution in [0.5, 0.6) is 5.75 Å². The smallest absolute Gasteiger partial charge is 0.252 e. The number of thiazole rings is 1. The summed E-state index contributed by atoms with van der Waals surface area (Å²) in [4.78, 5) is 21.7. The molecule has 0 unspecified atom stereocenters. The van der Waals surface area contributed by atoms with Crippen LogP contribution in [0.15, 0.2) is 60.4 Å². The van der Waals surface area contributed by atoms with E-state index in [-0.39, 0.29) is 5.91 Å². The number of benzene rings is 2. The van der Waals surface area contributed by atoms with Gasteiger partial charge in [-0.1, -0.05) is 12.1 Å². The third-order valence-electron chi connectivity index (χ3n) is 4.41. The summed E-state index contributed by atoms with van der Waals surface area (Å²) in [6, 6.07) is 12.8. The van der Waals surface area contributed by atoms with Gasteiger partial charge in [0.1, 0.15) is 17.6 Å². The van der Waals surface area contributed by atoms with Gasteiger partial charge in [0.05, 0.1) is 22.8 Å². The molecule has 2 heterocycles. The number of rotatable bonds is 5. The number of nitrogens with one attached hydrogen (secondary N) is 1. The Kier molecular flexibility index (Phi) is 4.60. The number of hydrogen-bond acceptors (Lipinski definition) is 5. The van der Waals surface area contributed by atoms with E-state index in [4.69, 9.17) is 4.74 Å². The molecule has 0 fully saturated rings. The minimum atomic E-state index is -0.398. The van der Waals surface area contributed by atoms with E-state index in [1.54, 1.807) is 24.9 Å². The lowest BCUT2D eigenvalue weighted by Crippen LogP contribution is -2.31. The van der Waals surface area contributed by atoms with Crippen LogP contribution in [0.3, 0.4) is 0 Å². The highest BCUT2D eigenvalue weighted by molar-refractivity contribution is 7.16. The average Bonchev–Trinajstić information content (AvgIpc) is 3.34. The highest BCUT2D eigenvalue weighted by Crippen LogP contribution is 2.25. The lowest BCUT2D eigenvalue weighted by atomic mass is 10.0. The number of fused-ring (bicyclic) bond motifs is 1. The summed E-state index contributed by atoms with van der Waals surface area (Å²) >= 11 is 1.52. The van der Waals surface area contributed by atoms with Crippen LogP contribution < -0.4 is 10.1 Å². The van der Waals surface area contributed by atoms with E-state index < -0.39 is 6.04 Å². The predicted molar refractivity (Wildman–Crippen MR) is 105 cm³/mol. The van der Waals surface area contributed by atoms with Crippen LogP contribution in [0.25, 0.3) is 10.2 Å².